The van der Waals surface area contributed by atoms with Gasteiger partial charge < -0.3 is 9.72 Å². The summed E-state index contributed by atoms with van der Waals surface area (Å²) in [5.41, 5.74) is 2.08. The minimum atomic E-state index is -0.290. The van der Waals surface area contributed by atoms with Gasteiger partial charge in [0.25, 0.3) is 5.56 Å². The molecular weight excluding hydrogens is 309 g/mol. The Hall–Kier alpha value is -2.21. The van der Waals surface area contributed by atoms with E-state index in [9.17, 15) is 9.18 Å². The minimum absolute atomic E-state index is 0.0800. The van der Waals surface area contributed by atoms with Gasteiger partial charge in [-0.25, -0.2) is 9.37 Å². The van der Waals surface area contributed by atoms with Crippen LogP contribution in [0.4, 0.5) is 4.39 Å². The lowest BCUT2D eigenvalue weighted by Gasteiger charge is -2.28. The molecule has 0 saturated heterocycles. The third-order valence-electron chi connectivity index (χ3n) is 4.37. The Bertz CT molecular complexity index is 801. The fraction of sp³-hybridized carbons (Fsp3) is 0.444. The first-order valence-corrected chi connectivity index (χ1v) is 8.14. The molecule has 1 aromatic heterocycles. The molecule has 0 fully saturated rings. The molecule has 0 spiro atoms. The van der Waals surface area contributed by atoms with Crippen LogP contribution in [0.15, 0.2) is 23.0 Å². The number of hydrogen-bond donors (Lipinski definition) is 1. The van der Waals surface area contributed by atoms with Crippen LogP contribution in [-0.2, 0) is 19.5 Å². The number of fused-ring (bicyclic) bond motifs is 1. The largest absolute Gasteiger partial charge is 0.497 e. The first-order valence-electron chi connectivity index (χ1n) is 8.14. The summed E-state index contributed by atoms with van der Waals surface area (Å²) in [6.07, 6.45) is 0.705. The zero-order chi connectivity index (χ0) is 17.3. The molecule has 0 atom stereocenters. The Morgan fingerprint density at radius 1 is 1.42 bits per heavy atom. The highest BCUT2D eigenvalue weighted by molar-refractivity contribution is 5.29. The third-order valence-corrected chi connectivity index (χ3v) is 4.37. The van der Waals surface area contributed by atoms with E-state index in [2.05, 4.69) is 14.9 Å². The van der Waals surface area contributed by atoms with Gasteiger partial charge in [0.15, 0.2) is 0 Å². The van der Waals surface area contributed by atoms with Gasteiger partial charge in [-0.1, -0.05) is 19.9 Å². The Kier molecular flexibility index (Phi) is 4.66. The molecule has 1 aliphatic heterocycles. The van der Waals surface area contributed by atoms with E-state index in [1.54, 1.807) is 12.1 Å². The molecule has 2 aromatic rings. The van der Waals surface area contributed by atoms with Crippen molar-refractivity contribution in [1.29, 1.82) is 0 Å². The number of halogens is 1. The molecule has 0 radical (unpaired) electrons. The number of benzene rings is 1. The van der Waals surface area contributed by atoms with Crippen LogP contribution in [0.2, 0.25) is 0 Å². The molecular formula is C18H22FN3O2. The van der Waals surface area contributed by atoms with Crippen molar-refractivity contribution in [3.05, 3.63) is 57.0 Å². The second-order valence-corrected chi connectivity index (χ2v) is 6.45. The van der Waals surface area contributed by atoms with Gasteiger partial charge in [-0.05, 0) is 6.07 Å². The molecule has 1 aliphatic rings. The Morgan fingerprint density at radius 3 is 2.88 bits per heavy atom. The fourth-order valence-corrected chi connectivity index (χ4v) is 2.93. The Labute approximate surface area is 140 Å². The van der Waals surface area contributed by atoms with E-state index < -0.39 is 0 Å². The van der Waals surface area contributed by atoms with E-state index in [1.807, 2.05) is 13.8 Å². The van der Waals surface area contributed by atoms with E-state index in [-0.39, 0.29) is 17.3 Å². The third kappa shape index (κ3) is 3.33. The van der Waals surface area contributed by atoms with Gasteiger partial charge in [0.05, 0.1) is 18.4 Å². The zero-order valence-electron chi connectivity index (χ0n) is 14.2. The quantitative estimate of drug-likeness (QED) is 0.935. The molecule has 0 amide bonds. The number of ether oxygens (including phenoxy) is 1. The van der Waals surface area contributed by atoms with Gasteiger partial charge in [-0.2, -0.15) is 0 Å². The summed E-state index contributed by atoms with van der Waals surface area (Å²) in [6.45, 7) is 5.72. The van der Waals surface area contributed by atoms with Gasteiger partial charge in [-0.15, -0.1) is 0 Å². The van der Waals surface area contributed by atoms with E-state index in [4.69, 9.17) is 4.74 Å². The topological polar surface area (TPSA) is 58.2 Å². The number of aromatic amines is 1. The smallest absolute Gasteiger partial charge is 0.255 e. The maximum absolute atomic E-state index is 14.1. The molecule has 3 rings (SSSR count). The molecule has 128 valence electrons. The molecule has 0 aliphatic carbocycles. The molecule has 2 heterocycles. The molecule has 0 bridgehead atoms. The van der Waals surface area contributed by atoms with Crippen LogP contribution in [0.3, 0.4) is 0 Å². The minimum Gasteiger partial charge on any atom is -0.497 e. The number of H-pyrrole nitrogens is 1. The number of nitrogens with one attached hydrogen (secondary N) is 1. The van der Waals surface area contributed by atoms with E-state index in [0.29, 0.717) is 36.4 Å². The lowest BCUT2D eigenvalue weighted by molar-refractivity contribution is 0.238. The van der Waals surface area contributed by atoms with Crippen LogP contribution in [0, 0.1) is 5.82 Å². The van der Waals surface area contributed by atoms with Gasteiger partial charge in [0.1, 0.15) is 17.4 Å². The van der Waals surface area contributed by atoms with Crippen LogP contribution in [0.1, 0.15) is 42.4 Å². The molecule has 6 heteroatoms. The number of methoxy groups -OCH3 is 1. The Balaban J connectivity index is 1.79. The summed E-state index contributed by atoms with van der Waals surface area (Å²) in [5, 5.41) is 0. The average Bonchev–Trinajstić information content (AvgIpc) is 2.57. The van der Waals surface area contributed by atoms with Gasteiger partial charge >= 0.3 is 0 Å². The molecule has 1 N–H and O–H groups in total. The van der Waals surface area contributed by atoms with Crippen molar-refractivity contribution in [1.82, 2.24) is 14.9 Å². The van der Waals surface area contributed by atoms with E-state index in [1.165, 1.54) is 13.2 Å². The van der Waals surface area contributed by atoms with Crippen LogP contribution < -0.4 is 10.3 Å². The Morgan fingerprint density at radius 2 is 2.21 bits per heavy atom. The van der Waals surface area contributed by atoms with Crippen molar-refractivity contribution >= 4 is 0 Å². The number of rotatable bonds is 4. The second-order valence-electron chi connectivity index (χ2n) is 6.45. The lowest BCUT2D eigenvalue weighted by Crippen LogP contribution is -2.36. The van der Waals surface area contributed by atoms with Crippen LogP contribution in [-0.4, -0.2) is 28.5 Å². The van der Waals surface area contributed by atoms with Crippen molar-refractivity contribution in [2.24, 2.45) is 0 Å². The molecule has 1 aromatic carbocycles. The highest BCUT2D eigenvalue weighted by Gasteiger charge is 2.22. The maximum atomic E-state index is 14.1. The molecule has 0 saturated carbocycles. The van der Waals surface area contributed by atoms with Crippen molar-refractivity contribution in [2.75, 3.05) is 13.7 Å². The lowest BCUT2D eigenvalue weighted by atomic mass is 10.0. The first-order chi connectivity index (χ1) is 11.5. The van der Waals surface area contributed by atoms with Gasteiger partial charge in [-0.3, -0.25) is 9.69 Å². The van der Waals surface area contributed by atoms with E-state index >= 15 is 0 Å². The summed E-state index contributed by atoms with van der Waals surface area (Å²) in [6, 6.07) is 4.87. The number of hydrogen-bond acceptors (Lipinski definition) is 4. The van der Waals surface area contributed by atoms with Crippen molar-refractivity contribution < 1.29 is 9.13 Å². The normalized spacial score (nSPS) is 14.7. The molecule has 5 nitrogen and oxygen atoms in total. The highest BCUT2D eigenvalue weighted by Crippen LogP contribution is 2.21. The SMILES string of the molecule is COc1ccc(CN2CCc3nc(C(C)C)[nH]c(=O)c3C2)c(F)c1. The highest BCUT2D eigenvalue weighted by atomic mass is 19.1. The summed E-state index contributed by atoms with van der Waals surface area (Å²) in [5.74, 6) is 1.13. The number of aromatic nitrogens is 2. The summed E-state index contributed by atoms with van der Waals surface area (Å²) in [4.78, 5) is 21.8. The van der Waals surface area contributed by atoms with Crippen LogP contribution in [0.5, 0.6) is 5.75 Å². The standard InChI is InChI=1S/C18H22FN3O2/c1-11(2)17-20-16-6-7-22(10-14(16)18(23)21-17)9-12-4-5-13(24-3)8-15(12)19/h4-5,8,11H,6-7,9-10H2,1-3H3,(H,20,21,23). The first kappa shape index (κ1) is 16.6. The average molecular weight is 331 g/mol. The maximum Gasteiger partial charge on any atom is 0.255 e. The molecule has 0 unspecified atom stereocenters. The zero-order valence-corrected chi connectivity index (χ0v) is 14.2. The van der Waals surface area contributed by atoms with E-state index in [0.717, 1.165) is 18.1 Å². The van der Waals surface area contributed by atoms with Gasteiger partial charge in [0.2, 0.25) is 0 Å². The molecule has 24 heavy (non-hydrogen) atoms. The predicted molar refractivity (Wildman–Crippen MR) is 89.7 cm³/mol. The van der Waals surface area contributed by atoms with Crippen LogP contribution >= 0.6 is 0 Å². The van der Waals surface area contributed by atoms with Crippen LogP contribution in [0.25, 0.3) is 0 Å². The monoisotopic (exact) mass is 331 g/mol. The summed E-state index contributed by atoms with van der Waals surface area (Å²) in [7, 11) is 1.51. The van der Waals surface area contributed by atoms with Gasteiger partial charge in [0, 0.05) is 43.6 Å². The van der Waals surface area contributed by atoms with Crippen molar-refractivity contribution in [3.8, 4) is 5.75 Å². The van der Waals surface area contributed by atoms with Crippen molar-refractivity contribution in [2.45, 2.75) is 39.3 Å². The second kappa shape index (κ2) is 6.73. The fourth-order valence-electron chi connectivity index (χ4n) is 2.93. The predicted octanol–water partition coefficient (Wildman–Crippen LogP) is 2.60. The summed E-state index contributed by atoms with van der Waals surface area (Å²) >= 11 is 0. The number of nitrogens with zero attached hydrogens (tertiary/aromatic N) is 2. The summed E-state index contributed by atoms with van der Waals surface area (Å²) < 4.78 is 19.1. The van der Waals surface area contributed by atoms with Crippen molar-refractivity contribution in [3.63, 3.8) is 0 Å².